The summed E-state index contributed by atoms with van der Waals surface area (Å²) in [5.41, 5.74) is 4.76. The molecule has 2 aromatic heterocycles. The van der Waals surface area contributed by atoms with Crippen LogP contribution in [0.25, 0.3) is 0 Å². The summed E-state index contributed by atoms with van der Waals surface area (Å²) in [4.78, 5) is 0. The van der Waals surface area contributed by atoms with Gasteiger partial charge in [-0.2, -0.15) is 5.10 Å². The molecular weight excluding hydrogens is 356 g/mol. The van der Waals surface area contributed by atoms with Crippen LogP contribution in [0.15, 0.2) is 25.9 Å². The highest BCUT2D eigenvalue weighted by molar-refractivity contribution is 9.12. The van der Waals surface area contributed by atoms with Gasteiger partial charge >= 0.3 is 0 Å². The van der Waals surface area contributed by atoms with Crippen LogP contribution in [0.5, 0.6) is 0 Å². The van der Waals surface area contributed by atoms with Crippen molar-refractivity contribution in [3.05, 3.63) is 37.2 Å². The van der Waals surface area contributed by atoms with Gasteiger partial charge in [0, 0.05) is 18.8 Å². The summed E-state index contributed by atoms with van der Waals surface area (Å²) in [6, 6.07) is 3.88. The van der Waals surface area contributed by atoms with E-state index in [0.29, 0.717) is 0 Å². The Morgan fingerprint density at radius 3 is 2.75 bits per heavy atom. The summed E-state index contributed by atoms with van der Waals surface area (Å²) in [5, 5.41) is 4.35. The Bertz CT molecular complexity index is 493. The van der Waals surface area contributed by atoms with Gasteiger partial charge in [0.05, 0.1) is 19.3 Å². The lowest BCUT2D eigenvalue weighted by molar-refractivity contribution is 0.603. The number of hydrogen-bond acceptors (Lipinski definition) is 4. The molecule has 4 nitrogen and oxygen atoms in total. The molecule has 0 aliphatic heterocycles. The molecule has 2 rings (SSSR count). The lowest BCUT2D eigenvalue weighted by Crippen LogP contribution is -2.29. The van der Waals surface area contributed by atoms with E-state index in [4.69, 9.17) is 5.84 Å². The van der Waals surface area contributed by atoms with Crippen LogP contribution in [-0.4, -0.2) is 9.78 Å². The number of thiophene rings is 1. The summed E-state index contributed by atoms with van der Waals surface area (Å²) in [5.74, 6) is 5.59. The molecule has 2 aromatic rings. The Kier molecular flexibility index (Phi) is 3.81. The molecule has 2 heterocycles. The first-order valence-electron chi connectivity index (χ1n) is 4.52. The first-order chi connectivity index (χ1) is 7.61. The first kappa shape index (κ1) is 12.3. The highest BCUT2D eigenvalue weighted by Crippen LogP contribution is 2.37. The molecule has 0 aliphatic carbocycles. The quantitative estimate of drug-likeness (QED) is 0.649. The highest BCUT2D eigenvalue weighted by Gasteiger charge is 2.19. The second-order valence-corrected chi connectivity index (χ2v) is 7.04. The van der Waals surface area contributed by atoms with Gasteiger partial charge in [-0.3, -0.25) is 10.5 Å². The van der Waals surface area contributed by atoms with E-state index in [2.05, 4.69) is 42.4 Å². The largest absolute Gasteiger partial charge is 0.275 e. The molecule has 86 valence electrons. The van der Waals surface area contributed by atoms with Crippen LogP contribution in [-0.2, 0) is 7.05 Å². The van der Waals surface area contributed by atoms with E-state index in [0.717, 1.165) is 18.8 Å². The second-order valence-electron chi connectivity index (χ2n) is 3.29. The summed E-state index contributed by atoms with van der Waals surface area (Å²) in [7, 11) is 1.88. The van der Waals surface area contributed by atoms with Gasteiger partial charge in [0.15, 0.2) is 0 Å². The van der Waals surface area contributed by atoms with Crippen molar-refractivity contribution in [1.29, 1.82) is 0 Å². The molecule has 0 aromatic carbocycles. The number of aromatic nitrogens is 2. The second kappa shape index (κ2) is 4.97. The zero-order valence-electron chi connectivity index (χ0n) is 8.45. The van der Waals surface area contributed by atoms with Crippen molar-refractivity contribution in [2.75, 3.05) is 0 Å². The topological polar surface area (TPSA) is 55.9 Å². The van der Waals surface area contributed by atoms with Gasteiger partial charge in [-0.1, -0.05) is 0 Å². The van der Waals surface area contributed by atoms with Crippen molar-refractivity contribution in [2.45, 2.75) is 6.04 Å². The van der Waals surface area contributed by atoms with E-state index < -0.39 is 0 Å². The molecule has 0 amide bonds. The minimum Gasteiger partial charge on any atom is -0.275 e. The molecule has 1 unspecified atom stereocenters. The molecule has 0 saturated heterocycles. The minimum atomic E-state index is -0.0990. The number of aryl methyl sites for hydroxylation is 1. The molecule has 0 radical (unpaired) electrons. The Balaban J connectivity index is 2.40. The number of nitrogens with zero attached hydrogens (tertiary/aromatic N) is 2. The van der Waals surface area contributed by atoms with E-state index in [1.54, 1.807) is 16.0 Å². The third-order valence-corrected chi connectivity index (χ3v) is 4.58. The van der Waals surface area contributed by atoms with Crippen molar-refractivity contribution >= 4 is 43.2 Å². The average molecular weight is 366 g/mol. The molecule has 3 N–H and O–H groups in total. The summed E-state index contributed by atoms with van der Waals surface area (Å²) >= 11 is 8.59. The molecule has 16 heavy (non-hydrogen) atoms. The normalized spacial score (nSPS) is 13.0. The third kappa shape index (κ3) is 2.38. The number of hydrogen-bond donors (Lipinski definition) is 2. The lowest BCUT2D eigenvalue weighted by Gasteiger charge is -2.12. The fraction of sp³-hybridized carbons (Fsp3) is 0.222. The van der Waals surface area contributed by atoms with Crippen LogP contribution >= 0.6 is 43.2 Å². The monoisotopic (exact) mass is 364 g/mol. The molecule has 0 saturated carbocycles. The molecule has 1 atom stereocenters. The van der Waals surface area contributed by atoms with Gasteiger partial charge in [0.1, 0.15) is 0 Å². The number of nitrogens with one attached hydrogen (secondary N) is 1. The van der Waals surface area contributed by atoms with Crippen LogP contribution < -0.4 is 11.3 Å². The van der Waals surface area contributed by atoms with E-state index in [9.17, 15) is 0 Å². The van der Waals surface area contributed by atoms with Crippen LogP contribution in [0.1, 0.15) is 17.3 Å². The van der Waals surface area contributed by atoms with Crippen LogP contribution in [0, 0.1) is 0 Å². The summed E-state index contributed by atoms with van der Waals surface area (Å²) < 4.78 is 3.87. The minimum absolute atomic E-state index is 0.0990. The van der Waals surface area contributed by atoms with Gasteiger partial charge in [0.25, 0.3) is 0 Å². The fourth-order valence-corrected chi connectivity index (χ4v) is 4.37. The average Bonchev–Trinajstić information content (AvgIpc) is 2.76. The van der Waals surface area contributed by atoms with E-state index in [-0.39, 0.29) is 6.04 Å². The van der Waals surface area contributed by atoms with Crippen molar-refractivity contribution in [3.8, 4) is 0 Å². The molecule has 7 heteroatoms. The molecular formula is C9H10Br2N4S. The zero-order chi connectivity index (χ0) is 11.7. The maximum atomic E-state index is 5.59. The predicted octanol–water partition coefficient (Wildman–Crippen LogP) is 2.56. The van der Waals surface area contributed by atoms with Crippen molar-refractivity contribution in [3.63, 3.8) is 0 Å². The Morgan fingerprint density at radius 1 is 1.56 bits per heavy atom. The summed E-state index contributed by atoms with van der Waals surface area (Å²) in [6.07, 6.45) is 1.90. The molecule has 0 spiro atoms. The predicted molar refractivity (Wildman–Crippen MR) is 72.1 cm³/mol. The Labute approximate surface area is 114 Å². The van der Waals surface area contributed by atoms with Gasteiger partial charge < -0.3 is 0 Å². The molecule has 0 aliphatic rings. The van der Waals surface area contributed by atoms with E-state index in [1.807, 2.05) is 25.4 Å². The van der Waals surface area contributed by atoms with Crippen molar-refractivity contribution in [2.24, 2.45) is 12.9 Å². The van der Waals surface area contributed by atoms with Gasteiger partial charge in [-0.25, -0.2) is 5.43 Å². The standard InChI is InChI=1S/C9H10Br2N4S/c1-15-3-2-6(14-15)8(13-12)5-4-7(10)16-9(5)11/h2-4,8,13H,12H2,1H3. The maximum Gasteiger partial charge on any atom is 0.0919 e. The van der Waals surface area contributed by atoms with Crippen LogP contribution in [0.3, 0.4) is 0 Å². The molecule has 0 fully saturated rings. The van der Waals surface area contributed by atoms with Crippen LogP contribution in [0.4, 0.5) is 0 Å². The zero-order valence-corrected chi connectivity index (χ0v) is 12.4. The van der Waals surface area contributed by atoms with Crippen LogP contribution in [0.2, 0.25) is 0 Å². The molecule has 0 bridgehead atoms. The fourth-order valence-electron chi connectivity index (χ4n) is 1.47. The Hall–Kier alpha value is -0.210. The van der Waals surface area contributed by atoms with Gasteiger partial charge in [0.2, 0.25) is 0 Å². The van der Waals surface area contributed by atoms with Gasteiger partial charge in [-0.15, -0.1) is 11.3 Å². The van der Waals surface area contributed by atoms with E-state index in [1.165, 1.54) is 0 Å². The maximum absolute atomic E-state index is 5.59. The smallest absolute Gasteiger partial charge is 0.0919 e. The summed E-state index contributed by atoms with van der Waals surface area (Å²) in [6.45, 7) is 0. The SMILES string of the molecule is Cn1ccc(C(NN)c2cc(Br)sc2Br)n1. The highest BCUT2D eigenvalue weighted by atomic mass is 79.9. The number of hydrazine groups is 1. The first-order valence-corrected chi connectivity index (χ1v) is 6.92. The number of rotatable bonds is 3. The van der Waals surface area contributed by atoms with Crippen molar-refractivity contribution in [1.82, 2.24) is 15.2 Å². The Morgan fingerprint density at radius 2 is 2.31 bits per heavy atom. The number of halogens is 2. The third-order valence-electron chi connectivity index (χ3n) is 2.19. The van der Waals surface area contributed by atoms with Crippen molar-refractivity contribution < 1.29 is 0 Å². The van der Waals surface area contributed by atoms with Gasteiger partial charge in [-0.05, 0) is 44.0 Å². The van der Waals surface area contributed by atoms with E-state index >= 15 is 0 Å². The lowest BCUT2D eigenvalue weighted by atomic mass is 10.1. The number of nitrogens with two attached hydrogens (primary N) is 1.